The van der Waals surface area contributed by atoms with Crippen molar-refractivity contribution in [2.45, 2.75) is 18.7 Å². The summed E-state index contributed by atoms with van der Waals surface area (Å²) in [5.74, 6) is -1.22. The van der Waals surface area contributed by atoms with Gasteiger partial charge in [0.05, 0.1) is 15.6 Å². The Bertz CT molecular complexity index is 1180. The lowest BCUT2D eigenvalue weighted by Gasteiger charge is -2.24. The highest BCUT2D eigenvalue weighted by atomic mass is 35.5. The Hall–Kier alpha value is -2.90. The van der Waals surface area contributed by atoms with Crippen molar-refractivity contribution in [2.75, 3.05) is 16.2 Å². The van der Waals surface area contributed by atoms with Crippen LogP contribution in [0.5, 0.6) is 0 Å². The van der Waals surface area contributed by atoms with Crippen LogP contribution in [0.3, 0.4) is 0 Å². The minimum Gasteiger partial charge on any atom is -0.324 e. The van der Waals surface area contributed by atoms with E-state index in [9.17, 15) is 17.6 Å². The molecule has 0 bridgehead atoms. The van der Waals surface area contributed by atoms with Gasteiger partial charge in [0.15, 0.2) is 0 Å². The van der Waals surface area contributed by atoms with Gasteiger partial charge in [-0.2, -0.15) is 0 Å². The van der Waals surface area contributed by atoms with Crippen molar-refractivity contribution in [1.29, 1.82) is 0 Å². The molecule has 0 fully saturated rings. The zero-order valence-electron chi connectivity index (χ0n) is 16.4. The average molecular weight is 447 g/mol. The Labute approximate surface area is 180 Å². The van der Waals surface area contributed by atoms with Crippen LogP contribution < -0.4 is 9.62 Å². The fourth-order valence-electron chi connectivity index (χ4n) is 2.88. The molecule has 0 spiro atoms. The van der Waals surface area contributed by atoms with Gasteiger partial charge in [-0.1, -0.05) is 41.9 Å². The summed E-state index contributed by atoms with van der Waals surface area (Å²) in [7, 11) is -4.10. The summed E-state index contributed by atoms with van der Waals surface area (Å²) < 4.78 is 41.0. The molecular weight excluding hydrogens is 427 g/mol. The van der Waals surface area contributed by atoms with Gasteiger partial charge in [0, 0.05) is 5.69 Å². The molecule has 0 aromatic heterocycles. The van der Waals surface area contributed by atoms with E-state index < -0.39 is 28.3 Å². The largest absolute Gasteiger partial charge is 0.324 e. The maximum Gasteiger partial charge on any atom is 0.264 e. The number of nitrogens with one attached hydrogen (secondary N) is 1. The second-order valence-electron chi connectivity index (χ2n) is 6.72. The lowest BCUT2D eigenvalue weighted by molar-refractivity contribution is -0.114. The van der Waals surface area contributed by atoms with E-state index in [1.807, 2.05) is 19.9 Å². The first-order valence-electron chi connectivity index (χ1n) is 9.09. The van der Waals surface area contributed by atoms with Crippen LogP contribution in [0, 0.1) is 19.7 Å². The number of carbonyl (C=O) groups excluding carboxylic acids is 1. The van der Waals surface area contributed by atoms with Gasteiger partial charge in [-0.05, 0) is 61.4 Å². The molecule has 0 unspecified atom stereocenters. The van der Waals surface area contributed by atoms with Crippen molar-refractivity contribution in [3.63, 3.8) is 0 Å². The van der Waals surface area contributed by atoms with Crippen molar-refractivity contribution in [1.82, 2.24) is 0 Å². The second-order valence-corrected chi connectivity index (χ2v) is 8.99. The van der Waals surface area contributed by atoms with Crippen LogP contribution in [0.25, 0.3) is 0 Å². The molecule has 0 aliphatic carbocycles. The van der Waals surface area contributed by atoms with Crippen LogP contribution in [0.2, 0.25) is 5.02 Å². The molecular formula is C22H20ClFN2O3S. The molecule has 5 nitrogen and oxygen atoms in total. The minimum absolute atomic E-state index is 0.00461. The normalized spacial score (nSPS) is 11.2. The first kappa shape index (κ1) is 21.8. The third kappa shape index (κ3) is 4.63. The van der Waals surface area contributed by atoms with E-state index in [0.29, 0.717) is 5.69 Å². The van der Waals surface area contributed by atoms with E-state index in [-0.39, 0.29) is 15.6 Å². The van der Waals surface area contributed by atoms with Gasteiger partial charge in [-0.3, -0.25) is 9.10 Å². The van der Waals surface area contributed by atoms with E-state index >= 15 is 0 Å². The van der Waals surface area contributed by atoms with Gasteiger partial charge in [-0.15, -0.1) is 0 Å². The maximum atomic E-state index is 13.6. The van der Waals surface area contributed by atoms with E-state index in [1.165, 1.54) is 24.3 Å². The predicted molar refractivity (Wildman–Crippen MR) is 117 cm³/mol. The van der Waals surface area contributed by atoms with Crippen LogP contribution in [-0.4, -0.2) is 20.9 Å². The number of amides is 1. The molecule has 0 aliphatic rings. The number of anilines is 2. The summed E-state index contributed by atoms with van der Waals surface area (Å²) >= 11 is 5.86. The van der Waals surface area contributed by atoms with Gasteiger partial charge in [0.1, 0.15) is 12.4 Å². The van der Waals surface area contributed by atoms with E-state index in [1.54, 1.807) is 30.3 Å². The molecule has 30 heavy (non-hydrogen) atoms. The molecule has 0 radical (unpaired) electrons. The molecule has 3 aromatic carbocycles. The summed E-state index contributed by atoms with van der Waals surface area (Å²) in [6.45, 7) is 3.27. The minimum atomic E-state index is -4.10. The zero-order chi connectivity index (χ0) is 21.9. The smallest absolute Gasteiger partial charge is 0.264 e. The van der Waals surface area contributed by atoms with Crippen LogP contribution in [0.15, 0.2) is 71.6 Å². The summed E-state index contributed by atoms with van der Waals surface area (Å²) in [6, 6.07) is 16.7. The number of sulfonamides is 1. The number of hydrogen-bond donors (Lipinski definition) is 1. The monoisotopic (exact) mass is 446 g/mol. The van der Waals surface area contributed by atoms with Crippen molar-refractivity contribution in [2.24, 2.45) is 0 Å². The van der Waals surface area contributed by atoms with Crippen molar-refractivity contribution in [3.05, 3.63) is 88.7 Å². The van der Waals surface area contributed by atoms with Crippen molar-refractivity contribution < 1.29 is 17.6 Å². The van der Waals surface area contributed by atoms with Crippen molar-refractivity contribution in [3.8, 4) is 0 Å². The number of benzene rings is 3. The third-order valence-electron chi connectivity index (χ3n) is 4.69. The molecule has 0 saturated carbocycles. The standard InChI is InChI=1S/C22H20ClFN2O3S/c1-15-7-6-10-21(16(15)2)25-22(27)14-26(17-11-12-20(24)19(23)13-17)30(28,29)18-8-4-3-5-9-18/h3-13H,14H2,1-2H3,(H,25,27). The highest BCUT2D eigenvalue weighted by Crippen LogP contribution is 2.28. The Morgan fingerprint density at radius 2 is 1.73 bits per heavy atom. The fourth-order valence-corrected chi connectivity index (χ4v) is 4.49. The maximum absolute atomic E-state index is 13.6. The molecule has 0 saturated heterocycles. The van der Waals surface area contributed by atoms with E-state index in [2.05, 4.69) is 5.32 Å². The quantitative estimate of drug-likeness (QED) is 0.583. The predicted octanol–water partition coefficient (Wildman–Crippen LogP) is 4.93. The summed E-state index contributed by atoms with van der Waals surface area (Å²) in [5, 5.41) is 2.51. The molecule has 156 valence electrons. The zero-order valence-corrected chi connectivity index (χ0v) is 18.0. The van der Waals surface area contributed by atoms with E-state index in [4.69, 9.17) is 11.6 Å². The number of rotatable bonds is 6. The fraction of sp³-hybridized carbons (Fsp3) is 0.136. The van der Waals surface area contributed by atoms with Crippen LogP contribution >= 0.6 is 11.6 Å². The number of halogens is 2. The topological polar surface area (TPSA) is 66.5 Å². The van der Waals surface area contributed by atoms with Crippen LogP contribution in [0.4, 0.5) is 15.8 Å². The van der Waals surface area contributed by atoms with Crippen LogP contribution in [-0.2, 0) is 14.8 Å². The van der Waals surface area contributed by atoms with Gasteiger partial charge in [0.2, 0.25) is 5.91 Å². The molecule has 1 N–H and O–H groups in total. The highest BCUT2D eigenvalue weighted by Gasteiger charge is 2.28. The molecule has 1 amide bonds. The molecule has 3 rings (SSSR count). The average Bonchev–Trinajstić information content (AvgIpc) is 2.72. The number of nitrogens with zero attached hydrogens (tertiary/aromatic N) is 1. The lowest BCUT2D eigenvalue weighted by Crippen LogP contribution is -2.38. The van der Waals surface area contributed by atoms with Gasteiger partial charge >= 0.3 is 0 Å². The first-order valence-corrected chi connectivity index (χ1v) is 10.9. The molecule has 0 atom stereocenters. The summed E-state index contributed by atoms with van der Waals surface area (Å²) in [6.07, 6.45) is 0. The Morgan fingerprint density at radius 1 is 1.03 bits per heavy atom. The van der Waals surface area contributed by atoms with Crippen LogP contribution in [0.1, 0.15) is 11.1 Å². The van der Waals surface area contributed by atoms with Gasteiger partial charge in [-0.25, -0.2) is 12.8 Å². The number of aryl methyl sites for hydroxylation is 1. The Balaban J connectivity index is 1.98. The first-order chi connectivity index (χ1) is 14.2. The lowest BCUT2D eigenvalue weighted by atomic mass is 10.1. The molecule has 0 aliphatic heterocycles. The van der Waals surface area contributed by atoms with Gasteiger partial charge < -0.3 is 5.32 Å². The number of hydrogen-bond acceptors (Lipinski definition) is 3. The Kier molecular flexibility index (Phi) is 6.43. The van der Waals surface area contributed by atoms with Gasteiger partial charge in [0.25, 0.3) is 10.0 Å². The second kappa shape index (κ2) is 8.85. The molecule has 3 aromatic rings. The SMILES string of the molecule is Cc1cccc(NC(=O)CN(c2ccc(F)c(Cl)c2)S(=O)(=O)c2ccccc2)c1C. The highest BCUT2D eigenvalue weighted by molar-refractivity contribution is 7.92. The van der Waals surface area contributed by atoms with E-state index in [0.717, 1.165) is 21.5 Å². The molecule has 0 heterocycles. The Morgan fingerprint density at radius 3 is 2.40 bits per heavy atom. The number of carbonyl (C=O) groups is 1. The van der Waals surface area contributed by atoms with Crippen molar-refractivity contribution >= 4 is 38.9 Å². The third-order valence-corrected chi connectivity index (χ3v) is 6.77. The molecule has 8 heteroatoms. The summed E-state index contributed by atoms with van der Waals surface area (Å²) in [5.41, 5.74) is 2.55. The summed E-state index contributed by atoms with van der Waals surface area (Å²) in [4.78, 5) is 12.8.